The Hall–Kier alpha value is -2.18. The Morgan fingerprint density at radius 3 is 2.15 bits per heavy atom. The van der Waals surface area contributed by atoms with E-state index >= 15 is 0 Å². The minimum absolute atomic E-state index is 0. The van der Waals surface area contributed by atoms with Crippen LogP contribution in [0.2, 0.25) is 0 Å². The summed E-state index contributed by atoms with van der Waals surface area (Å²) in [6, 6.07) is 9.76. The number of ketones is 2. The Morgan fingerprint density at radius 1 is 0.923 bits per heavy atom. The minimum atomic E-state index is -0.350. The van der Waals surface area contributed by atoms with Crippen LogP contribution < -0.4 is 4.74 Å². The number of halogens is 1. The number of rotatable bonds is 6. The van der Waals surface area contributed by atoms with Crippen LogP contribution in [0.4, 0.5) is 0 Å². The first-order valence-electron chi connectivity index (χ1n) is 8.48. The highest BCUT2D eigenvalue weighted by molar-refractivity contribution is 8.93. The summed E-state index contributed by atoms with van der Waals surface area (Å²) in [6.45, 7) is 7.09. The van der Waals surface area contributed by atoms with Gasteiger partial charge in [-0.1, -0.05) is 38.1 Å². The molecule has 0 heterocycles. The van der Waals surface area contributed by atoms with E-state index in [2.05, 4.69) is 18.7 Å². The quantitative estimate of drug-likeness (QED) is 0.662. The molecule has 0 bridgehead atoms. The Kier molecular flexibility index (Phi) is 6.56. The van der Waals surface area contributed by atoms with Crippen LogP contribution >= 0.6 is 17.0 Å². The van der Waals surface area contributed by atoms with Crippen molar-refractivity contribution in [2.24, 2.45) is 0 Å². The van der Waals surface area contributed by atoms with Crippen LogP contribution in [-0.2, 0) is 0 Å². The number of carbonyl (C=O) groups is 2. The molecule has 0 atom stereocenters. The van der Waals surface area contributed by atoms with Gasteiger partial charge >= 0.3 is 0 Å². The fourth-order valence-corrected chi connectivity index (χ4v) is 3.09. The monoisotopic (exact) mass is 419 g/mol. The van der Waals surface area contributed by atoms with Gasteiger partial charge in [0.2, 0.25) is 0 Å². The second-order valence-electron chi connectivity index (χ2n) is 5.91. The van der Waals surface area contributed by atoms with E-state index < -0.39 is 0 Å². The van der Waals surface area contributed by atoms with Gasteiger partial charge in [0.25, 0.3) is 0 Å². The van der Waals surface area contributed by atoms with Crippen molar-refractivity contribution in [2.75, 3.05) is 26.2 Å². The largest absolute Gasteiger partial charge is 0.504 e. The summed E-state index contributed by atoms with van der Waals surface area (Å²) in [5.74, 6) is -0.636. The predicted molar refractivity (Wildman–Crippen MR) is 105 cm³/mol. The molecule has 2 aromatic carbocycles. The predicted octanol–water partition coefficient (Wildman–Crippen LogP) is 3.47. The average molecular weight is 420 g/mol. The summed E-state index contributed by atoms with van der Waals surface area (Å²) < 4.78 is 5.65. The van der Waals surface area contributed by atoms with Gasteiger partial charge in [-0.2, -0.15) is 0 Å². The van der Waals surface area contributed by atoms with Gasteiger partial charge in [0.05, 0.1) is 5.56 Å². The van der Waals surface area contributed by atoms with Crippen LogP contribution in [0, 0.1) is 0 Å². The molecular formula is C20H22BrNO4. The highest BCUT2D eigenvalue weighted by Gasteiger charge is 2.33. The zero-order valence-electron chi connectivity index (χ0n) is 14.8. The maximum absolute atomic E-state index is 12.7. The molecule has 0 radical (unpaired) electrons. The van der Waals surface area contributed by atoms with Crippen molar-refractivity contribution < 1.29 is 19.4 Å². The Balaban J connectivity index is 0.00000243. The van der Waals surface area contributed by atoms with E-state index in [0.717, 1.165) is 19.6 Å². The van der Waals surface area contributed by atoms with Crippen LogP contribution in [0.5, 0.6) is 11.5 Å². The number of benzene rings is 2. The van der Waals surface area contributed by atoms with Gasteiger partial charge in [-0.25, -0.2) is 0 Å². The third-order valence-electron chi connectivity index (χ3n) is 4.59. The van der Waals surface area contributed by atoms with Crippen LogP contribution in [0.3, 0.4) is 0 Å². The summed E-state index contributed by atoms with van der Waals surface area (Å²) in [4.78, 5) is 27.5. The van der Waals surface area contributed by atoms with Gasteiger partial charge in [-0.05, 0) is 25.2 Å². The molecule has 1 aliphatic carbocycles. The lowest BCUT2D eigenvalue weighted by Gasteiger charge is -2.21. The number of phenols is 1. The smallest absolute Gasteiger partial charge is 0.198 e. The number of likely N-dealkylation sites (N-methyl/N-ethyl adjacent to an activating group) is 1. The Labute approximate surface area is 163 Å². The number of phenolic OH excluding ortho intramolecular Hbond substituents is 1. The molecule has 0 amide bonds. The number of nitrogens with zero attached hydrogens (tertiary/aromatic N) is 1. The van der Waals surface area contributed by atoms with E-state index in [1.54, 1.807) is 36.4 Å². The molecule has 0 aliphatic heterocycles. The molecule has 1 aliphatic rings. The molecule has 0 saturated carbocycles. The van der Waals surface area contributed by atoms with Gasteiger partial charge in [-0.15, -0.1) is 17.0 Å². The SMILES string of the molecule is Br.CCN(CC)CCOc1ccc2c(c1O)C(=O)c1ccccc1C2=O. The number of fused-ring (bicyclic) bond motifs is 2. The van der Waals surface area contributed by atoms with Crippen molar-refractivity contribution in [2.45, 2.75) is 13.8 Å². The number of hydrogen-bond acceptors (Lipinski definition) is 5. The van der Waals surface area contributed by atoms with E-state index in [-0.39, 0.29) is 51.2 Å². The Morgan fingerprint density at radius 2 is 1.54 bits per heavy atom. The topological polar surface area (TPSA) is 66.8 Å². The van der Waals surface area contributed by atoms with E-state index in [0.29, 0.717) is 17.7 Å². The molecule has 0 unspecified atom stereocenters. The number of hydrogen-bond donors (Lipinski definition) is 1. The maximum atomic E-state index is 12.7. The molecule has 6 heteroatoms. The van der Waals surface area contributed by atoms with Crippen molar-refractivity contribution in [3.63, 3.8) is 0 Å². The summed E-state index contributed by atoms with van der Waals surface area (Å²) in [6.07, 6.45) is 0. The zero-order valence-corrected chi connectivity index (χ0v) is 16.5. The lowest BCUT2D eigenvalue weighted by atomic mass is 9.83. The third-order valence-corrected chi connectivity index (χ3v) is 4.59. The first-order valence-corrected chi connectivity index (χ1v) is 8.48. The minimum Gasteiger partial charge on any atom is -0.504 e. The second kappa shape index (κ2) is 8.47. The van der Waals surface area contributed by atoms with Crippen LogP contribution in [-0.4, -0.2) is 47.8 Å². The van der Waals surface area contributed by atoms with E-state index in [4.69, 9.17) is 4.74 Å². The summed E-state index contributed by atoms with van der Waals surface area (Å²) in [7, 11) is 0. The van der Waals surface area contributed by atoms with E-state index in [1.165, 1.54) is 0 Å². The number of ether oxygens (including phenoxy) is 1. The average Bonchev–Trinajstić information content (AvgIpc) is 2.64. The van der Waals surface area contributed by atoms with Crippen molar-refractivity contribution >= 4 is 28.5 Å². The molecule has 0 spiro atoms. The van der Waals surface area contributed by atoms with E-state index in [1.807, 2.05) is 0 Å². The molecule has 2 aromatic rings. The fourth-order valence-electron chi connectivity index (χ4n) is 3.09. The van der Waals surface area contributed by atoms with Gasteiger partial charge in [0, 0.05) is 23.2 Å². The first-order chi connectivity index (χ1) is 12.1. The molecule has 138 valence electrons. The maximum Gasteiger partial charge on any atom is 0.198 e. The van der Waals surface area contributed by atoms with Gasteiger partial charge in [0.1, 0.15) is 6.61 Å². The summed E-state index contributed by atoms with van der Waals surface area (Å²) in [5, 5.41) is 10.5. The van der Waals surface area contributed by atoms with E-state index in [9.17, 15) is 14.7 Å². The molecule has 0 fully saturated rings. The third kappa shape index (κ3) is 3.52. The second-order valence-corrected chi connectivity index (χ2v) is 5.91. The van der Waals surface area contributed by atoms with Crippen molar-refractivity contribution in [3.05, 3.63) is 58.7 Å². The molecular weight excluding hydrogens is 398 g/mol. The molecule has 3 rings (SSSR count). The standard InChI is InChI=1S/C20H21NO4.BrH/c1-3-21(4-2)11-12-25-16-10-9-15-17(20(16)24)19(23)14-8-6-5-7-13(14)18(15)22;/h5-10,24H,3-4,11-12H2,1-2H3;1H. The van der Waals surface area contributed by atoms with Crippen LogP contribution in [0.15, 0.2) is 36.4 Å². The zero-order chi connectivity index (χ0) is 18.0. The molecule has 26 heavy (non-hydrogen) atoms. The normalized spacial score (nSPS) is 12.4. The Bertz CT molecular complexity index is 831. The molecule has 0 saturated heterocycles. The lowest BCUT2D eigenvalue weighted by molar-refractivity contribution is 0.0976. The molecule has 5 nitrogen and oxygen atoms in total. The summed E-state index contributed by atoms with van der Waals surface area (Å²) in [5.41, 5.74) is 0.937. The van der Waals surface area contributed by atoms with Gasteiger partial charge in [0.15, 0.2) is 23.1 Å². The molecule has 0 aromatic heterocycles. The number of carbonyl (C=O) groups excluding carboxylic acids is 2. The van der Waals surface area contributed by atoms with Gasteiger partial charge < -0.3 is 14.7 Å². The van der Waals surface area contributed by atoms with Crippen molar-refractivity contribution in [3.8, 4) is 11.5 Å². The lowest BCUT2D eigenvalue weighted by Crippen LogP contribution is -2.28. The highest BCUT2D eigenvalue weighted by atomic mass is 79.9. The first kappa shape index (κ1) is 20.1. The highest BCUT2D eigenvalue weighted by Crippen LogP contribution is 2.38. The fraction of sp³-hybridized carbons (Fsp3) is 0.300. The van der Waals surface area contributed by atoms with Crippen molar-refractivity contribution in [1.29, 1.82) is 0 Å². The molecule has 1 N–H and O–H groups in total. The van der Waals surface area contributed by atoms with Crippen molar-refractivity contribution in [1.82, 2.24) is 4.90 Å². The van der Waals surface area contributed by atoms with Gasteiger partial charge in [-0.3, -0.25) is 9.59 Å². The van der Waals surface area contributed by atoms with Crippen LogP contribution in [0.25, 0.3) is 0 Å². The summed E-state index contributed by atoms with van der Waals surface area (Å²) >= 11 is 0. The van der Waals surface area contributed by atoms with Crippen LogP contribution in [0.1, 0.15) is 45.7 Å². The number of aromatic hydroxyl groups is 1.